The number of aromatic nitrogens is 2. The van der Waals surface area contributed by atoms with Gasteiger partial charge in [-0.2, -0.15) is 18.3 Å². The van der Waals surface area contributed by atoms with Gasteiger partial charge in [0, 0.05) is 25.6 Å². The fourth-order valence-corrected chi connectivity index (χ4v) is 4.25. The van der Waals surface area contributed by atoms with Crippen molar-refractivity contribution < 1.29 is 22.7 Å². The normalized spacial score (nSPS) is 22.0. The summed E-state index contributed by atoms with van der Waals surface area (Å²) in [5.74, 6) is -0.574. The van der Waals surface area contributed by atoms with Crippen LogP contribution in [0.25, 0.3) is 0 Å². The van der Waals surface area contributed by atoms with Gasteiger partial charge in [-0.1, -0.05) is 18.2 Å². The lowest BCUT2D eigenvalue weighted by Crippen LogP contribution is -2.48. The number of hydrazine groups is 1. The van der Waals surface area contributed by atoms with Crippen LogP contribution in [0.2, 0.25) is 0 Å². The largest absolute Gasteiger partial charge is 0.410 e. The van der Waals surface area contributed by atoms with Crippen molar-refractivity contribution in [3.05, 3.63) is 46.6 Å². The van der Waals surface area contributed by atoms with Gasteiger partial charge >= 0.3 is 6.18 Å². The molecule has 0 bridgehead atoms. The van der Waals surface area contributed by atoms with Crippen molar-refractivity contribution in [2.45, 2.75) is 57.5 Å². The van der Waals surface area contributed by atoms with Gasteiger partial charge < -0.3 is 15.4 Å². The second kappa shape index (κ2) is 9.79. The maximum Gasteiger partial charge on any atom is 0.410 e. The average Bonchev–Trinajstić information content (AvgIpc) is 3.46. The first-order valence-corrected chi connectivity index (χ1v) is 11.5. The molecule has 0 spiro atoms. The Morgan fingerprint density at radius 2 is 2.06 bits per heavy atom. The molecule has 8 nitrogen and oxygen atoms in total. The summed E-state index contributed by atoms with van der Waals surface area (Å²) >= 11 is 5.12. The summed E-state index contributed by atoms with van der Waals surface area (Å²) in [6.07, 6.45) is -2.78. The molecular weight excluding hydrogens is 469 g/mol. The summed E-state index contributed by atoms with van der Waals surface area (Å²) in [5, 5.41) is 10.2. The molecule has 2 aliphatic rings. The van der Waals surface area contributed by atoms with Gasteiger partial charge in [0.15, 0.2) is 16.8 Å². The van der Waals surface area contributed by atoms with Crippen molar-refractivity contribution in [2.75, 3.05) is 18.5 Å². The highest BCUT2D eigenvalue weighted by atomic mass is 32.1. The zero-order valence-electron chi connectivity index (χ0n) is 18.8. The quantitative estimate of drug-likeness (QED) is 0.381. The van der Waals surface area contributed by atoms with Crippen LogP contribution in [-0.4, -0.2) is 46.2 Å². The third kappa shape index (κ3) is 5.44. The van der Waals surface area contributed by atoms with E-state index >= 15 is 0 Å². The summed E-state index contributed by atoms with van der Waals surface area (Å²) in [4.78, 5) is 12.5. The second-order valence-electron chi connectivity index (χ2n) is 8.62. The van der Waals surface area contributed by atoms with Crippen LogP contribution in [-0.2, 0) is 4.74 Å². The molecule has 2 aliphatic heterocycles. The van der Waals surface area contributed by atoms with Crippen molar-refractivity contribution >= 4 is 29.1 Å². The molecule has 1 aromatic carbocycles. The second-order valence-corrected chi connectivity index (χ2v) is 9.03. The predicted molar refractivity (Wildman–Crippen MR) is 124 cm³/mol. The van der Waals surface area contributed by atoms with Crippen LogP contribution in [0.4, 0.5) is 19.0 Å². The minimum absolute atomic E-state index is 0.0611. The summed E-state index contributed by atoms with van der Waals surface area (Å²) in [6, 6.07) is 4.47. The Kier molecular flexibility index (Phi) is 6.99. The van der Waals surface area contributed by atoms with Crippen molar-refractivity contribution in [1.82, 2.24) is 25.9 Å². The lowest BCUT2D eigenvalue weighted by molar-refractivity contribution is -0.173. The lowest BCUT2D eigenvalue weighted by atomic mass is 9.94. The molecule has 1 fully saturated rings. The molecule has 1 saturated heterocycles. The molecule has 1 amide bonds. The number of carbonyl (C=O) groups is 1. The van der Waals surface area contributed by atoms with Crippen molar-refractivity contribution in [3.63, 3.8) is 0 Å². The van der Waals surface area contributed by atoms with Gasteiger partial charge in [-0.3, -0.25) is 15.6 Å². The number of aryl methyl sites for hydroxylation is 2. The van der Waals surface area contributed by atoms with Crippen molar-refractivity contribution in [2.24, 2.45) is 0 Å². The molecule has 34 heavy (non-hydrogen) atoms. The molecule has 4 N–H and O–H groups in total. The number of thiocarbonyl (C=S) groups is 1. The van der Waals surface area contributed by atoms with Gasteiger partial charge in [0.25, 0.3) is 5.91 Å². The maximum absolute atomic E-state index is 13.9. The molecule has 2 aromatic rings. The van der Waals surface area contributed by atoms with E-state index in [1.54, 1.807) is 0 Å². The Hall–Kier alpha value is -2.86. The Morgan fingerprint density at radius 1 is 1.26 bits per heavy atom. The summed E-state index contributed by atoms with van der Waals surface area (Å²) in [5.41, 5.74) is 7.57. The van der Waals surface area contributed by atoms with Crippen LogP contribution in [0.5, 0.6) is 0 Å². The fourth-order valence-electron chi connectivity index (χ4n) is 4.12. The molecule has 1 aromatic heterocycles. The van der Waals surface area contributed by atoms with Crippen LogP contribution in [0.15, 0.2) is 24.3 Å². The number of anilines is 1. The van der Waals surface area contributed by atoms with E-state index in [0.29, 0.717) is 13.2 Å². The first kappa shape index (κ1) is 24.3. The Labute approximate surface area is 200 Å². The summed E-state index contributed by atoms with van der Waals surface area (Å²) in [6.45, 7) is 5.08. The topological polar surface area (TPSA) is 92.2 Å². The number of alkyl halides is 3. The van der Waals surface area contributed by atoms with Crippen LogP contribution < -0.4 is 21.5 Å². The van der Waals surface area contributed by atoms with E-state index in [0.717, 1.165) is 34.2 Å². The predicted octanol–water partition coefficient (Wildman–Crippen LogP) is 3.45. The third-order valence-corrected chi connectivity index (χ3v) is 6.41. The number of ether oxygens (including phenoxy) is 1. The molecule has 3 atom stereocenters. The SMILES string of the molecule is Cc1ccc([C@H]2C[C@@H](C(F)(F)F)n3nc(C(=O)NNC(=S)NC[C@@H]4CCCO4)cc3N2)cc1C. The monoisotopic (exact) mass is 496 g/mol. The summed E-state index contributed by atoms with van der Waals surface area (Å²) < 4.78 is 48.0. The number of nitrogens with zero attached hydrogens (tertiary/aromatic N) is 2. The van der Waals surface area contributed by atoms with E-state index in [1.165, 1.54) is 6.07 Å². The molecular formula is C22H27F3N6O2S. The maximum atomic E-state index is 13.9. The number of fused-ring (bicyclic) bond motifs is 1. The van der Waals surface area contributed by atoms with Gasteiger partial charge in [-0.25, -0.2) is 4.68 Å². The molecule has 0 saturated carbocycles. The lowest BCUT2D eigenvalue weighted by Gasteiger charge is -2.33. The van der Waals surface area contributed by atoms with E-state index in [-0.39, 0.29) is 29.1 Å². The zero-order valence-corrected chi connectivity index (χ0v) is 19.6. The Balaban J connectivity index is 1.45. The zero-order chi connectivity index (χ0) is 24.5. The van der Waals surface area contributed by atoms with Crippen molar-refractivity contribution in [1.29, 1.82) is 0 Å². The minimum Gasteiger partial charge on any atom is -0.376 e. The third-order valence-electron chi connectivity index (χ3n) is 6.16. The van der Waals surface area contributed by atoms with Gasteiger partial charge in [-0.15, -0.1) is 0 Å². The number of rotatable bonds is 4. The Bertz CT molecular complexity index is 1070. The number of halogens is 3. The van der Waals surface area contributed by atoms with E-state index in [4.69, 9.17) is 17.0 Å². The molecule has 12 heteroatoms. The van der Waals surface area contributed by atoms with Crippen LogP contribution in [0, 0.1) is 13.8 Å². The van der Waals surface area contributed by atoms with Crippen LogP contribution >= 0.6 is 12.2 Å². The molecule has 0 unspecified atom stereocenters. The number of nitrogens with one attached hydrogen (secondary N) is 4. The molecule has 184 valence electrons. The van der Waals surface area contributed by atoms with Gasteiger partial charge in [0.2, 0.25) is 0 Å². The highest BCUT2D eigenvalue weighted by molar-refractivity contribution is 7.80. The average molecular weight is 497 g/mol. The van der Waals surface area contributed by atoms with Crippen molar-refractivity contribution in [3.8, 4) is 0 Å². The van der Waals surface area contributed by atoms with Crippen LogP contribution in [0.3, 0.4) is 0 Å². The standard InChI is InChI=1S/C22H27F3N6O2S/c1-12-5-6-14(8-13(12)2)16-9-18(22(23,24)25)31-19(27-16)10-17(30-31)20(32)28-29-21(34)26-11-15-4-3-7-33-15/h5-6,8,10,15-16,18,27H,3-4,7,9,11H2,1-2H3,(H,28,32)(H2,26,29,34)/t15-,16+,18-/m0/s1. The van der Waals surface area contributed by atoms with E-state index in [2.05, 4.69) is 26.6 Å². The van der Waals surface area contributed by atoms with Gasteiger partial charge in [0.1, 0.15) is 5.82 Å². The molecule has 4 rings (SSSR count). The number of benzene rings is 1. The highest BCUT2D eigenvalue weighted by Gasteiger charge is 2.46. The van der Waals surface area contributed by atoms with E-state index < -0.39 is 24.2 Å². The first-order valence-electron chi connectivity index (χ1n) is 11.1. The van der Waals surface area contributed by atoms with Gasteiger partial charge in [-0.05, 0) is 55.6 Å². The highest BCUT2D eigenvalue weighted by Crippen LogP contribution is 2.43. The van der Waals surface area contributed by atoms with Crippen LogP contribution in [0.1, 0.15) is 58.5 Å². The summed E-state index contributed by atoms with van der Waals surface area (Å²) in [7, 11) is 0. The number of carbonyl (C=O) groups excluding carboxylic acids is 1. The molecule has 0 radical (unpaired) electrons. The molecule has 3 heterocycles. The fraction of sp³-hybridized carbons (Fsp3) is 0.500. The number of hydrogen-bond donors (Lipinski definition) is 4. The number of hydrogen-bond acceptors (Lipinski definition) is 5. The molecule has 0 aliphatic carbocycles. The Morgan fingerprint density at radius 3 is 2.74 bits per heavy atom. The first-order chi connectivity index (χ1) is 16.1. The smallest absolute Gasteiger partial charge is 0.376 e. The minimum atomic E-state index is -4.53. The van der Waals surface area contributed by atoms with Gasteiger partial charge in [0.05, 0.1) is 12.1 Å². The van der Waals surface area contributed by atoms with E-state index in [1.807, 2.05) is 32.0 Å². The number of amides is 1. The van der Waals surface area contributed by atoms with E-state index in [9.17, 15) is 18.0 Å².